The number of fused-ring (bicyclic) bond motifs is 1. The second kappa shape index (κ2) is 7.72. The monoisotopic (exact) mass is 360 g/mol. The van der Waals surface area contributed by atoms with Crippen molar-refractivity contribution < 1.29 is 9.53 Å². The van der Waals surface area contributed by atoms with Crippen LogP contribution in [0.15, 0.2) is 48.7 Å². The molecule has 0 aliphatic carbocycles. The van der Waals surface area contributed by atoms with Crippen LogP contribution in [0.25, 0.3) is 0 Å². The number of ether oxygens (including phenoxy) is 1. The van der Waals surface area contributed by atoms with Crippen LogP contribution in [0.1, 0.15) is 0 Å². The Balaban J connectivity index is 0.00000182. The Bertz CT molecular complexity index is 699. The molecule has 2 saturated heterocycles. The van der Waals surface area contributed by atoms with Gasteiger partial charge in [0, 0.05) is 32.2 Å². The minimum Gasteiger partial charge on any atom is -0.439 e. The number of carbonyl (C=O) groups is 1. The van der Waals surface area contributed by atoms with Crippen LogP contribution in [0.2, 0.25) is 0 Å². The SMILES string of the molecule is Cl.O=C(Nc1ccc(Oc2ccccc2)nc1)N1C[C@H]2CNC[C@H]2C1. The number of urea groups is 1. The molecule has 4 rings (SSSR count). The quantitative estimate of drug-likeness (QED) is 0.883. The van der Waals surface area contributed by atoms with Gasteiger partial charge < -0.3 is 20.3 Å². The lowest BCUT2D eigenvalue weighted by Gasteiger charge is -2.18. The number of nitrogens with zero attached hydrogens (tertiary/aromatic N) is 2. The third kappa shape index (κ3) is 4.03. The number of halogens is 1. The fraction of sp³-hybridized carbons (Fsp3) is 0.333. The minimum absolute atomic E-state index is 0. The zero-order chi connectivity index (χ0) is 16.4. The fourth-order valence-corrected chi connectivity index (χ4v) is 3.35. The molecule has 0 bridgehead atoms. The van der Waals surface area contributed by atoms with E-state index in [1.54, 1.807) is 12.3 Å². The molecule has 1 aromatic carbocycles. The minimum atomic E-state index is -0.0528. The van der Waals surface area contributed by atoms with Crippen LogP contribution in [-0.2, 0) is 0 Å². The van der Waals surface area contributed by atoms with Gasteiger partial charge in [0.25, 0.3) is 0 Å². The molecular weight excluding hydrogens is 340 g/mol. The number of amides is 2. The van der Waals surface area contributed by atoms with Gasteiger partial charge in [-0.2, -0.15) is 0 Å². The molecule has 2 aromatic rings. The van der Waals surface area contributed by atoms with Gasteiger partial charge in [-0.05, 0) is 30.0 Å². The van der Waals surface area contributed by atoms with Gasteiger partial charge in [0.2, 0.25) is 5.88 Å². The van der Waals surface area contributed by atoms with Crippen LogP contribution in [0.5, 0.6) is 11.6 Å². The Morgan fingerprint density at radius 3 is 2.48 bits per heavy atom. The summed E-state index contributed by atoms with van der Waals surface area (Å²) in [6.07, 6.45) is 1.62. The highest BCUT2D eigenvalue weighted by Crippen LogP contribution is 2.27. The first-order valence-electron chi connectivity index (χ1n) is 8.23. The van der Waals surface area contributed by atoms with Gasteiger partial charge >= 0.3 is 6.03 Å². The molecule has 2 amide bonds. The highest BCUT2D eigenvalue weighted by Gasteiger charge is 2.38. The molecule has 0 unspecified atom stereocenters. The summed E-state index contributed by atoms with van der Waals surface area (Å²) >= 11 is 0. The second-order valence-corrected chi connectivity index (χ2v) is 6.31. The molecule has 0 radical (unpaired) electrons. The second-order valence-electron chi connectivity index (χ2n) is 6.31. The molecule has 2 N–H and O–H groups in total. The standard InChI is InChI=1S/C18H20N4O2.ClH/c23-18(22-11-13-8-19-9-14(13)12-22)21-15-6-7-17(20-10-15)24-16-4-2-1-3-5-16;/h1-7,10,13-14,19H,8-9,11-12H2,(H,21,23);1H/t13-,14+;. The Hall–Kier alpha value is -2.31. The van der Waals surface area contributed by atoms with E-state index in [1.165, 1.54) is 0 Å². The predicted molar refractivity (Wildman–Crippen MR) is 98.4 cm³/mol. The van der Waals surface area contributed by atoms with Crippen LogP contribution < -0.4 is 15.4 Å². The van der Waals surface area contributed by atoms with Crippen molar-refractivity contribution in [3.63, 3.8) is 0 Å². The first-order valence-corrected chi connectivity index (χ1v) is 8.23. The van der Waals surface area contributed by atoms with Crippen LogP contribution in [0.4, 0.5) is 10.5 Å². The van der Waals surface area contributed by atoms with E-state index in [1.807, 2.05) is 41.3 Å². The smallest absolute Gasteiger partial charge is 0.321 e. The van der Waals surface area contributed by atoms with Gasteiger partial charge in [0.1, 0.15) is 5.75 Å². The average Bonchev–Trinajstić information content (AvgIpc) is 3.19. The zero-order valence-corrected chi connectivity index (χ0v) is 14.5. The summed E-state index contributed by atoms with van der Waals surface area (Å²) in [4.78, 5) is 18.5. The maximum absolute atomic E-state index is 12.4. The summed E-state index contributed by atoms with van der Waals surface area (Å²) in [6, 6.07) is 13.0. The van der Waals surface area contributed by atoms with Crippen molar-refractivity contribution in [2.75, 3.05) is 31.5 Å². The number of anilines is 1. The molecule has 6 nitrogen and oxygen atoms in total. The molecule has 25 heavy (non-hydrogen) atoms. The van der Waals surface area contributed by atoms with E-state index in [0.717, 1.165) is 31.9 Å². The molecule has 2 aliphatic rings. The zero-order valence-electron chi connectivity index (χ0n) is 13.7. The van der Waals surface area contributed by atoms with Gasteiger partial charge in [-0.15, -0.1) is 12.4 Å². The summed E-state index contributed by atoms with van der Waals surface area (Å²) in [6.45, 7) is 3.68. The van der Waals surface area contributed by atoms with Crippen LogP contribution in [0.3, 0.4) is 0 Å². The Labute approximate surface area is 153 Å². The third-order valence-electron chi connectivity index (χ3n) is 4.63. The molecule has 3 heterocycles. The van der Waals surface area contributed by atoms with Gasteiger partial charge in [-0.3, -0.25) is 0 Å². The molecule has 1 aromatic heterocycles. The first kappa shape index (κ1) is 17.5. The lowest BCUT2D eigenvalue weighted by molar-refractivity contribution is 0.219. The number of hydrogen-bond donors (Lipinski definition) is 2. The maximum atomic E-state index is 12.4. The van der Waals surface area contributed by atoms with Crippen LogP contribution >= 0.6 is 12.4 Å². The Morgan fingerprint density at radius 1 is 1.12 bits per heavy atom. The molecule has 0 spiro atoms. The van der Waals surface area contributed by atoms with Gasteiger partial charge in [0.05, 0.1) is 11.9 Å². The number of hydrogen-bond acceptors (Lipinski definition) is 4. The summed E-state index contributed by atoms with van der Waals surface area (Å²) < 4.78 is 5.65. The van der Waals surface area contributed by atoms with Crippen molar-refractivity contribution in [2.45, 2.75) is 0 Å². The molecule has 7 heteroatoms. The van der Waals surface area contributed by atoms with Crippen molar-refractivity contribution in [1.29, 1.82) is 0 Å². The van der Waals surface area contributed by atoms with Gasteiger partial charge in [0.15, 0.2) is 0 Å². The van der Waals surface area contributed by atoms with E-state index in [4.69, 9.17) is 4.74 Å². The number of likely N-dealkylation sites (tertiary alicyclic amines) is 1. The van der Waals surface area contributed by atoms with Gasteiger partial charge in [-0.25, -0.2) is 9.78 Å². The molecule has 2 fully saturated rings. The number of nitrogens with one attached hydrogen (secondary N) is 2. The molecule has 2 aliphatic heterocycles. The van der Waals surface area contributed by atoms with Crippen molar-refractivity contribution in [3.8, 4) is 11.6 Å². The lowest BCUT2D eigenvalue weighted by Crippen LogP contribution is -2.35. The Kier molecular flexibility index (Phi) is 5.40. The van der Waals surface area contributed by atoms with E-state index >= 15 is 0 Å². The maximum Gasteiger partial charge on any atom is 0.321 e. The van der Waals surface area contributed by atoms with E-state index in [9.17, 15) is 4.79 Å². The Morgan fingerprint density at radius 2 is 1.84 bits per heavy atom. The normalized spacial score (nSPS) is 21.4. The molecular formula is C18H21ClN4O2. The third-order valence-corrected chi connectivity index (χ3v) is 4.63. The van der Waals surface area contributed by atoms with Crippen LogP contribution in [-0.4, -0.2) is 42.1 Å². The van der Waals surface area contributed by atoms with E-state index in [0.29, 0.717) is 23.4 Å². The number of carbonyl (C=O) groups excluding carboxylic acids is 1. The number of aromatic nitrogens is 1. The predicted octanol–water partition coefficient (Wildman–Crippen LogP) is 2.98. The number of rotatable bonds is 3. The summed E-state index contributed by atoms with van der Waals surface area (Å²) in [7, 11) is 0. The van der Waals surface area contributed by atoms with Crippen molar-refractivity contribution in [3.05, 3.63) is 48.7 Å². The highest BCUT2D eigenvalue weighted by atomic mass is 35.5. The van der Waals surface area contributed by atoms with Crippen LogP contribution in [0, 0.1) is 11.8 Å². The molecule has 132 valence electrons. The first-order chi connectivity index (χ1) is 11.8. The van der Waals surface area contributed by atoms with E-state index in [-0.39, 0.29) is 18.4 Å². The highest BCUT2D eigenvalue weighted by molar-refractivity contribution is 5.89. The molecule has 0 saturated carbocycles. The van der Waals surface area contributed by atoms with Crippen molar-refractivity contribution in [1.82, 2.24) is 15.2 Å². The summed E-state index contributed by atoms with van der Waals surface area (Å²) in [5, 5.41) is 6.29. The van der Waals surface area contributed by atoms with Gasteiger partial charge in [-0.1, -0.05) is 18.2 Å². The van der Waals surface area contributed by atoms with E-state index in [2.05, 4.69) is 15.6 Å². The van der Waals surface area contributed by atoms with Crippen molar-refractivity contribution >= 4 is 24.1 Å². The van der Waals surface area contributed by atoms with E-state index < -0.39 is 0 Å². The van der Waals surface area contributed by atoms with Crippen molar-refractivity contribution in [2.24, 2.45) is 11.8 Å². The number of benzene rings is 1. The molecule has 2 atom stereocenters. The summed E-state index contributed by atoms with van der Waals surface area (Å²) in [5.74, 6) is 2.42. The lowest BCUT2D eigenvalue weighted by atomic mass is 10.0. The topological polar surface area (TPSA) is 66.5 Å². The largest absolute Gasteiger partial charge is 0.439 e. The number of para-hydroxylation sites is 1. The fourth-order valence-electron chi connectivity index (χ4n) is 3.35. The number of pyridine rings is 1. The average molecular weight is 361 g/mol. The summed E-state index contributed by atoms with van der Waals surface area (Å²) in [5.41, 5.74) is 0.676.